The van der Waals surface area contributed by atoms with E-state index in [1.165, 1.54) is 57.8 Å². The lowest BCUT2D eigenvalue weighted by molar-refractivity contribution is 0.119. The second kappa shape index (κ2) is 9.62. The third-order valence-electron chi connectivity index (χ3n) is 5.40. The van der Waals surface area contributed by atoms with Gasteiger partial charge in [0.25, 0.3) is 0 Å². The first-order valence-corrected chi connectivity index (χ1v) is 10.1. The van der Waals surface area contributed by atoms with Crippen molar-refractivity contribution in [2.45, 2.75) is 39.3 Å². The van der Waals surface area contributed by atoms with E-state index < -0.39 is 0 Å². The Balaban J connectivity index is 0.00000225. The predicted octanol–water partition coefficient (Wildman–Crippen LogP) is 2.78. The van der Waals surface area contributed by atoms with Gasteiger partial charge in [-0.1, -0.05) is 6.92 Å². The minimum absolute atomic E-state index is 0. The molecule has 7 heteroatoms. The first kappa shape index (κ1) is 21.1. The highest BCUT2D eigenvalue weighted by Gasteiger charge is 2.31. The van der Waals surface area contributed by atoms with Gasteiger partial charge in [-0.25, -0.2) is 4.98 Å². The molecule has 2 unspecified atom stereocenters. The van der Waals surface area contributed by atoms with Gasteiger partial charge in [-0.05, 0) is 44.8 Å². The molecular formula is C18H33ClN4OS. The topological polar surface area (TPSA) is 40.6 Å². The number of thiazole rings is 1. The number of nitrogens with zero attached hydrogens (tertiary/aromatic N) is 3. The third-order valence-corrected chi connectivity index (χ3v) is 6.45. The van der Waals surface area contributed by atoms with Gasteiger partial charge >= 0.3 is 0 Å². The molecule has 1 aromatic rings. The molecule has 144 valence electrons. The first-order valence-electron chi connectivity index (χ1n) is 9.20. The fourth-order valence-electron chi connectivity index (χ4n) is 3.80. The zero-order valence-electron chi connectivity index (χ0n) is 15.8. The van der Waals surface area contributed by atoms with E-state index in [0.29, 0.717) is 5.41 Å². The minimum atomic E-state index is 0. The highest BCUT2D eigenvalue weighted by molar-refractivity contribution is 7.09. The van der Waals surface area contributed by atoms with Crippen LogP contribution >= 0.6 is 23.7 Å². The summed E-state index contributed by atoms with van der Waals surface area (Å²) in [6.07, 6.45) is 2.67. The Labute approximate surface area is 162 Å². The summed E-state index contributed by atoms with van der Waals surface area (Å²) >= 11 is 1.72. The maximum atomic E-state index is 5.37. The van der Waals surface area contributed by atoms with Crippen molar-refractivity contribution in [3.63, 3.8) is 0 Å². The van der Waals surface area contributed by atoms with E-state index in [9.17, 15) is 0 Å². The zero-order chi connectivity index (χ0) is 17.0. The smallest absolute Gasteiger partial charge is 0.122 e. The summed E-state index contributed by atoms with van der Waals surface area (Å²) in [6.45, 7) is 13.8. The highest BCUT2D eigenvalue weighted by Crippen LogP contribution is 2.26. The number of ether oxygens (including phenoxy) is 1. The van der Waals surface area contributed by atoms with Crippen molar-refractivity contribution in [1.82, 2.24) is 20.1 Å². The summed E-state index contributed by atoms with van der Waals surface area (Å²) in [5.41, 5.74) is 1.66. The lowest BCUT2D eigenvalue weighted by Crippen LogP contribution is -2.39. The molecule has 0 bridgehead atoms. The van der Waals surface area contributed by atoms with E-state index in [-0.39, 0.29) is 18.5 Å². The van der Waals surface area contributed by atoms with Crippen molar-refractivity contribution in [2.75, 3.05) is 52.9 Å². The Morgan fingerprint density at radius 1 is 1.32 bits per heavy atom. The van der Waals surface area contributed by atoms with Crippen LogP contribution in [0, 0.1) is 5.41 Å². The van der Waals surface area contributed by atoms with Crippen LogP contribution in [0.2, 0.25) is 0 Å². The van der Waals surface area contributed by atoms with E-state index >= 15 is 0 Å². The van der Waals surface area contributed by atoms with E-state index in [0.717, 1.165) is 18.1 Å². The summed E-state index contributed by atoms with van der Waals surface area (Å²) in [6, 6.07) is 0. The monoisotopic (exact) mass is 388 g/mol. The average Bonchev–Trinajstić information content (AvgIpc) is 3.15. The van der Waals surface area contributed by atoms with Crippen LogP contribution in [0.5, 0.6) is 0 Å². The van der Waals surface area contributed by atoms with Crippen molar-refractivity contribution in [3.05, 3.63) is 16.1 Å². The second-order valence-corrected chi connectivity index (χ2v) is 8.59. The SMILES string of the molecule is COC(C)c1nc(CN2CCCN(CC3(C)CCNC3)CC2)cs1.Cl. The molecule has 0 amide bonds. The predicted molar refractivity (Wildman–Crippen MR) is 107 cm³/mol. The molecular weight excluding hydrogens is 356 g/mol. The van der Waals surface area contributed by atoms with Crippen LogP contribution in [-0.2, 0) is 11.3 Å². The fourth-order valence-corrected chi connectivity index (χ4v) is 4.64. The summed E-state index contributed by atoms with van der Waals surface area (Å²) in [5, 5.41) is 6.80. The molecule has 1 N–H and O–H groups in total. The van der Waals surface area contributed by atoms with Gasteiger partial charge < -0.3 is 15.0 Å². The van der Waals surface area contributed by atoms with Gasteiger partial charge in [0, 0.05) is 45.2 Å². The van der Waals surface area contributed by atoms with Gasteiger partial charge in [-0.15, -0.1) is 23.7 Å². The van der Waals surface area contributed by atoms with Gasteiger partial charge in [0.05, 0.1) is 5.69 Å². The summed E-state index contributed by atoms with van der Waals surface area (Å²) < 4.78 is 5.37. The van der Waals surface area contributed by atoms with Crippen LogP contribution in [0.25, 0.3) is 0 Å². The Hall–Kier alpha value is -0.240. The fraction of sp³-hybridized carbons (Fsp3) is 0.833. The van der Waals surface area contributed by atoms with Gasteiger partial charge in [0.15, 0.2) is 0 Å². The van der Waals surface area contributed by atoms with Crippen LogP contribution in [0.15, 0.2) is 5.38 Å². The molecule has 2 fully saturated rings. The number of aromatic nitrogens is 1. The number of methoxy groups -OCH3 is 1. The second-order valence-electron chi connectivity index (χ2n) is 7.70. The molecule has 0 radical (unpaired) electrons. The van der Waals surface area contributed by atoms with E-state index in [4.69, 9.17) is 9.72 Å². The van der Waals surface area contributed by atoms with Crippen LogP contribution < -0.4 is 5.32 Å². The normalized spacial score (nSPS) is 27.0. The van der Waals surface area contributed by atoms with Crippen LogP contribution in [0.1, 0.15) is 43.5 Å². The molecule has 1 aromatic heterocycles. The van der Waals surface area contributed by atoms with Crippen molar-refractivity contribution in [2.24, 2.45) is 5.41 Å². The number of hydrogen-bond acceptors (Lipinski definition) is 6. The average molecular weight is 389 g/mol. The van der Waals surface area contributed by atoms with Crippen LogP contribution in [0.3, 0.4) is 0 Å². The zero-order valence-corrected chi connectivity index (χ0v) is 17.4. The van der Waals surface area contributed by atoms with E-state index in [1.807, 2.05) is 0 Å². The Kier molecular flexibility index (Phi) is 8.11. The van der Waals surface area contributed by atoms with E-state index in [2.05, 4.69) is 34.3 Å². The Morgan fingerprint density at radius 2 is 2.08 bits per heavy atom. The number of nitrogens with one attached hydrogen (secondary N) is 1. The molecule has 25 heavy (non-hydrogen) atoms. The number of halogens is 1. The molecule has 0 saturated carbocycles. The standard InChI is InChI=1S/C18H32N4OS.ClH/c1-15(23-3)17-20-16(12-24-17)11-21-7-4-8-22(10-9-21)14-18(2)5-6-19-13-18;/h12,15,19H,4-11,13-14H2,1-3H3;1H. The first-order chi connectivity index (χ1) is 11.6. The van der Waals surface area contributed by atoms with Gasteiger partial charge in [0.2, 0.25) is 0 Å². The quantitative estimate of drug-likeness (QED) is 0.811. The van der Waals surface area contributed by atoms with Crippen LogP contribution in [0.4, 0.5) is 0 Å². The number of hydrogen-bond donors (Lipinski definition) is 1. The third kappa shape index (κ3) is 5.88. The molecule has 3 rings (SSSR count). The molecule has 2 saturated heterocycles. The van der Waals surface area contributed by atoms with Gasteiger partial charge in [-0.2, -0.15) is 0 Å². The lowest BCUT2D eigenvalue weighted by atomic mass is 9.89. The molecule has 3 heterocycles. The van der Waals surface area contributed by atoms with Gasteiger partial charge in [-0.3, -0.25) is 4.90 Å². The maximum Gasteiger partial charge on any atom is 0.122 e. The molecule has 5 nitrogen and oxygen atoms in total. The molecule has 2 atom stereocenters. The summed E-state index contributed by atoms with van der Waals surface area (Å²) in [7, 11) is 1.75. The molecule has 0 aliphatic carbocycles. The van der Waals surface area contributed by atoms with Crippen molar-refractivity contribution < 1.29 is 4.74 Å². The van der Waals surface area contributed by atoms with E-state index in [1.54, 1.807) is 18.4 Å². The Morgan fingerprint density at radius 3 is 2.80 bits per heavy atom. The molecule has 2 aliphatic heterocycles. The summed E-state index contributed by atoms with van der Waals surface area (Å²) in [5.74, 6) is 0. The molecule has 0 aromatic carbocycles. The maximum absolute atomic E-state index is 5.37. The Bertz CT molecular complexity index is 521. The van der Waals surface area contributed by atoms with Crippen molar-refractivity contribution >= 4 is 23.7 Å². The molecule has 0 spiro atoms. The highest BCUT2D eigenvalue weighted by atomic mass is 35.5. The lowest BCUT2D eigenvalue weighted by Gasteiger charge is -2.31. The van der Waals surface area contributed by atoms with Gasteiger partial charge in [0.1, 0.15) is 11.1 Å². The van der Waals surface area contributed by atoms with Crippen molar-refractivity contribution in [3.8, 4) is 0 Å². The van der Waals surface area contributed by atoms with Crippen LogP contribution in [-0.4, -0.2) is 67.7 Å². The van der Waals surface area contributed by atoms with Crippen molar-refractivity contribution in [1.29, 1.82) is 0 Å². The summed E-state index contributed by atoms with van der Waals surface area (Å²) in [4.78, 5) is 9.98. The molecule has 2 aliphatic rings. The minimum Gasteiger partial charge on any atom is -0.375 e. The largest absolute Gasteiger partial charge is 0.375 e. The number of rotatable bonds is 6.